The maximum absolute atomic E-state index is 9.34. The molecule has 5 heteroatoms. The molecular formula is C13H13ClN2OS. The molecule has 1 heterocycles. The minimum absolute atomic E-state index is 0.105. The van der Waals surface area contributed by atoms with Gasteiger partial charge >= 0.3 is 0 Å². The van der Waals surface area contributed by atoms with Gasteiger partial charge in [-0.15, -0.1) is 0 Å². The number of aryl methyl sites for hydroxylation is 2. The minimum Gasteiger partial charge on any atom is -0.506 e. The van der Waals surface area contributed by atoms with Gasteiger partial charge in [-0.2, -0.15) is 0 Å². The van der Waals surface area contributed by atoms with Crippen molar-refractivity contribution >= 4 is 23.4 Å². The fraction of sp³-hybridized carbons (Fsp3) is 0.231. The first-order valence-electron chi connectivity index (χ1n) is 5.47. The molecule has 0 radical (unpaired) electrons. The zero-order valence-electron chi connectivity index (χ0n) is 10.1. The number of halogens is 1. The van der Waals surface area contributed by atoms with Gasteiger partial charge in [0, 0.05) is 17.1 Å². The van der Waals surface area contributed by atoms with E-state index in [1.165, 1.54) is 0 Å². The molecule has 0 saturated carbocycles. The molecule has 18 heavy (non-hydrogen) atoms. The van der Waals surface area contributed by atoms with E-state index < -0.39 is 0 Å². The first-order valence-corrected chi connectivity index (χ1v) is 6.83. The van der Waals surface area contributed by atoms with Crippen molar-refractivity contribution < 1.29 is 5.11 Å². The maximum atomic E-state index is 9.34. The van der Waals surface area contributed by atoms with Crippen molar-refractivity contribution in [3.05, 3.63) is 46.2 Å². The van der Waals surface area contributed by atoms with Gasteiger partial charge in [0.1, 0.15) is 5.75 Å². The molecule has 2 aromatic rings. The molecule has 0 spiro atoms. The second kappa shape index (κ2) is 5.59. The molecule has 94 valence electrons. The fourth-order valence-electron chi connectivity index (χ4n) is 1.55. The van der Waals surface area contributed by atoms with Crippen molar-refractivity contribution in [3.63, 3.8) is 0 Å². The van der Waals surface area contributed by atoms with Crippen molar-refractivity contribution in [2.75, 3.05) is 0 Å². The molecule has 2 rings (SSSR count). The quantitative estimate of drug-likeness (QED) is 0.687. The Hall–Kier alpha value is -1.26. The zero-order valence-corrected chi connectivity index (χ0v) is 11.7. The van der Waals surface area contributed by atoms with Crippen LogP contribution < -0.4 is 0 Å². The Morgan fingerprint density at radius 1 is 1.17 bits per heavy atom. The number of hydrogen-bond acceptors (Lipinski definition) is 4. The molecule has 0 unspecified atom stereocenters. The van der Waals surface area contributed by atoms with Gasteiger partial charge in [-0.05, 0) is 37.6 Å². The van der Waals surface area contributed by atoms with Crippen molar-refractivity contribution in [1.82, 2.24) is 9.97 Å². The van der Waals surface area contributed by atoms with Crippen LogP contribution in [-0.2, 0) is 5.75 Å². The third kappa shape index (κ3) is 3.37. The Bertz CT molecular complexity index is 555. The van der Waals surface area contributed by atoms with Crippen LogP contribution in [0.15, 0.2) is 29.4 Å². The standard InChI is InChI=1S/C13H13ClN2OS/c1-8-5-9(2)16-13(15-8)18-7-10-3-4-12(17)11(14)6-10/h3-6,17H,7H2,1-2H3. The van der Waals surface area contributed by atoms with Gasteiger partial charge in [0.25, 0.3) is 0 Å². The summed E-state index contributed by atoms with van der Waals surface area (Å²) in [5.41, 5.74) is 2.97. The Balaban J connectivity index is 2.08. The van der Waals surface area contributed by atoms with Crippen molar-refractivity contribution in [2.24, 2.45) is 0 Å². The number of rotatable bonds is 3. The second-order valence-corrected chi connectivity index (χ2v) is 5.36. The molecule has 0 saturated heterocycles. The molecule has 0 bridgehead atoms. The molecule has 0 aliphatic rings. The molecule has 0 amide bonds. The molecule has 0 fully saturated rings. The van der Waals surface area contributed by atoms with E-state index in [1.54, 1.807) is 23.9 Å². The largest absolute Gasteiger partial charge is 0.506 e. The molecule has 1 aromatic heterocycles. The van der Waals surface area contributed by atoms with E-state index in [9.17, 15) is 5.11 Å². The third-order valence-electron chi connectivity index (χ3n) is 2.34. The van der Waals surface area contributed by atoms with E-state index in [0.717, 1.165) is 27.9 Å². The maximum Gasteiger partial charge on any atom is 0.188 e. The van der Waals surface area contributed by atoms with E-state index in [4.69, 9.17) is 11.6 Å². The van der Waals surface area contributed by atoms with E-state index in [-0.39, 0.29) is 5.75 Å². The van der Waals surface area contributed by atoms with Gasteiger partial charge < -0.3 is 5.11 Å². The Kier molecular flexibility index (Phi) is 4.09. The van der Waals surface area contributed by atoms with Crippen molar-refractivity contribution in [2.45, 2.75) is 24.8 Å². The second-order valence-electron chi connectivity index (χ2n) is 4.01. The first kappa shape index (κ1) is 13.2. The van der Waals surface area contributed by atoms with Crippen molar-refractivity contribution in [1.29, 1.82) is 0 Å². The van der Waals surface area contributed by atoms with Gasteiger partial charge in [-0.3, -0.25) is 0 Å². The van der Waals surface area contributed by atoms with Crippen LogP contribution in [0.5, 0.6) is 5.75 Å². The molecule has 0 atom stereocenters. The van der Waals surface area contributed by atoms with Gasteiger partial charge in [-0.1, -0.05) is 29.4 Å². The summed E-state index contributed by atoms with van der Waals surface area (Å²) in [4.78, 5) is 8.72. The van der Waals surface area contributed by atoms with Crippen LogP contribution in [0.4, 0.5) is 0 Å². The lowest BCUT2D eigenvalue weighted by Gasteiger charge is -2.04. The predicted molar refractivity (Wildman–Crippen MR) is 74.2 cm³/mol. The fourth-order valence-corrected chi connectivity index (χ4v) is 2.64. The summed E-state index contributed by atoms with van der Waals surface area (Å²) in [5.74, 6) is 0.830. The average molecular weight is 281 g/mol. The normalized spacial score (nSPS) is 10.6. The van der Waals surface area contributed by atoms with Crippen LogP contribution in [0, 0.1) is 13.8 Å². The summed E-state index contributed by atoms with van der Waals surface area (Å²) in [6, 6.07) is 7.14. The van der Waals surface area contributed by atoms with E-state index in [0.29, 0.717) is 5.02 Å². The minimum atomic E-state index is 0.105. The monoisotopic (exact) mass is 280 g/mol. The lowest BCUT2D eigenvalue weighted by Crippen LogP contribution is -1.93. The predicted octanol–water partition coefficient (Wildman–Crippen LogP) is 3.74. The van der Waals surface area contributed by atoms with E-state index >= 15 is 0 Å². The number of benzene rings is 1. The molecule has 3 nitrogen and oxygen atoms in total. The van der Waals surface area contributed by atoms with Crippen LogP contribution in [0.2, 0.25) is 5.02 Å². The highest BCUT2D eigenvalue weighted by atomic mass is 35.5. The van der Waals surface area contributed by atoms with Crippen LogP contribution in [0.25, 0.3) is 0 Å². The highest BCUT2D eigenvalue weighted by Crippen LogP contribution is 2.27. The summed E-state index contributed by atoms with van der Waals surface area (Å²) >= 11 is 7.41. The summed E-state index contributed by atoms with van der Waals surface area (Å²) in [6.07, 6.45) is 0. The number of phenolic OH excluding ortho intramolecular Hbond substituents is 1. The van der Waals surface area contributed by atoms with Gasteiger partial charge in [0.2, 0.25) is 0 Å². The molecular weight excluding hydrogens is 268 g/mol. The smallest absolute Gasteiger partial charge is 0.188 e. The molecule has 0 aliphatic heterocycles. The Morgan fingerprint density at radius 2 is 1.83 bits per heavy atom. The van der Waals surface area contributed by atoms with Gasteiger partial charge in [0.15, 0.2) is 5.16 Å². The average Bonchev–Trinajstić information content (AvgIpc) is 2.29. The van der Waals surface area contributed by atoms with Crippen LogP contribution in [-0.4, -0.2) is 15.1 Å². The molecule has 1 N–H and O–H groups in total. The van der Waals surface area contributed by atoms with Gasteiger partial charge in [-0.25, -0.2) is 9.97 Å². The SMILES string of the molecule is Cc1cc(C)nc(SCc2ccc(O)c(Cl)c2)n1. The Morgan fingerprint density at radius 3 is 2.44 bits per heavy atom. The molecule has 1 aromatic carbocycles. The lowest BCUT2D eigenvalue weighted by molar-refractivity contribution is 0.475. The number of nitrogens with zero attached hydrogens (tertiary/aromatic N) is 2. The van der Waals surface area contributed by atoms with Crippen LogP contribution >= 0.6 is 23.4 Å². The summed E-state index contributed by atoms with van der Waals surface area (Å²) in [7, 11) is 0. The summed E-state index contributed by atoms with van der Waals surface area (Å²) in [6.45, 7) is 3.91. The lowest BCUT2D eigenvalue weighted by atomic mass is 10.2. The number of hydrogen-bond donors (Lipinski definition) is 1. The zero-order chi connectivity index (χ0) is 13.1. The van der Waals surface area contributed by atoms with Crippen LogP contribution in [0.3, 0.4) is 0 Å². The summed E-state index contributed by atoms with van der Waals surface area (Å²) < 4.78 is 0. The third-order valence-corrected chi connectivity index (χ3v) is 3.56. The highest BCUT2D eigenvalue weighted by Gasteiger charge is 2.04. The van der Waals surface area contributed by atoms with E-state index in [1.807, 2.05) is 26.0 Å². The number of aromatic nitrogens is 2. The van der Waals surface area contributed by atoms with Gasteiger partial charge in [0.05, 0.1) is 5.02 Å². The Labute approximate surface area is 115 Å². The van der Waals surface area contributed by atoms with Crippen LogP contribution in [0.1, 0.15) is 17.0 Å². The number of thioether (sulfide) groups is 1. The van der Waals surface area contributed by atoms with Crippen molar-refractivity contribution in [3.8, 4) is 5.75 Å². The first-order chi connectivity index (χ1) is 8.54. The highest BCUT2D eigenvalue weighted by molar-refractivity contribution is 7.98. The van der Waals surface area contributed by atoms with E-state index in [2.05, 4.69) is 9.97 Å². The topological polar surface area (TPSA) is 46.0 Å². The number of phenols is 1. The summed E-state index contributed by atoms with van der Waals surface area (Å²) in [5, 5.41) is 10.5. The number of aromatic hydroxyl groups is 1. The molecule has 0 aliphatic carbocycles.